The van der Waals surface area contributed by atoms with E-state index in [0.29, 0.717) is 17.2 Å². The molecule has 112 valence electrons. The smallest absolute Gasteiger partial charge is 0.257 e. The number of nitrogen functional groups attached to an aromatic ring is 1. The Labute approximate surface area is 122 Å². The molecule has 0 atom stereocenters. The minimum absolute atomic E-state index is 0.00241. The maximum Gasteiger partial charge on any atom is 0.257 e. The van der Waals surface area contributed by atoms with Gasteiger partial charge in [-0.15, -0.1) is 0 Å². The molecule has 0 aliphatic heterocycles. The zero-order valence-corrected chi connectivity index (χ0v) is 13.3. The van der Waals surface area contributed by atoms with Crippen molar-refractivity contribution < 1.29 is 4.79 Å². The molecule has 0 aliphatic carbocycles. The Hall–Kier alpha value is -1.58. The van der Waals surface area contributed by atoms with Crippen molar-refractivity contribution in [2.75, 3.05) is 12.3 Å². The monoisotopic (exact) mass is 277 g/mol. The predicted molar refractivity (Wildman–Crippen MR) is 83.6 cm³/mol. The molecule has 1 amide bonds. The van der Waals surface area contributed by atoms with Crippen molar-refractivity contribution in [2.24, 2.45) is 5.92 Å². The zero-order valence-electron chi connectivity index (χ0n) is 13.3. The van der Waals surface area contributed by atoms with Crippen LogP contribution in [0.5, 0.6) is 0 Å². The molecule has 0 spiro atoms. The Balaban J connectivity index is 3.09. The molecule has 0 bridgehead atoms. The molecule has 4 nitrogen and oxygen atoms in total. The number of carbonyl (C=O) groups is 1. The number of anilines is 1. The van der Waals surface area contributed by atoms with Crippen LogP contribution in [-0.4, -0.2) is 28.4 Å². The second kappa shape index (κ2) is 7.27. The lowest BCUT2D eigenvalue weighted by molar-refractivity contribution is 0.0641. The van der Waals surface area contributed by atoms with Crippen LogP contribution in [0.1, 0.15) is 56.6 Å². The number of hydrogen-bond acceptors (Lipinski definition) is 3. The third-order valence-corrected chi connectivity index (χ3v) is 3.51. The minimum atomic E-state index is -0.00241. The van der Waals surface area contributed by atoms with Gasteiger partial charge in [0.2, 0.25) is 0 Å². The summed E-state index contributed by atoms with van der Waals surface area (Å²) in [5.41, 5.74) is 7.85. The van der Waals surface area contributed by atoms with Gasteiger partial charge in [-0.2, -0.15) is 0 Å². The van der Waals surface area contributed by atoms with E-state index in [4.69, 9.17) is 5.73 Å². The number of nitrogens with zero attached hydrogens (tertiary/aromatic N) is 2. The third kappa shape index (κ3) is 3.95. The molecule has 0 aromatic carbocycles. The van der Waals surface area contributed by atoms with Gasteiger partial charge in [-0.1, -0.05) is 27.7 Å². The summed E-state index contributed by atoms with van der Waals surface area (Å²) < 4.78 is 0. The van der Waals surface area contributed by atoms with Crippen LogP contribution in [0, 0.1) is 12.8 Å². The van der Waals surface area contributed by atoms with E-state index < -0.39 is 0 Å². The predicted octanol–water partition coefficient (Wildman–Crippen LogP) is 3.26. The first-order valence-electron chi connectivity index (χ1n) is 7.43. The third-order valence-electron chi connectivity index (χ3n) is 3.51. The molecular formula is C16H27N3O. The highest BCUT2D eigenvalue weighted by molar-refractivity contribution is 5.99. The summed E-state index contributed by atoms with van der Waals surface area (Å²) in [7, 11) is 0. The van der Waals surface area contributed by atoms with Crippen LogP contribution < -0.4 is 5.73 Å². The average molecular weight is 277 g/mol. The fourth-order valence-corrected chi connectivity index (χ4v) is 2.44. The van der Waals surface area contributed by atoms with E-state index in [1.807, 2.05) is 11.8 Å². The molecule has 1 heterocycles. The Bertz CT molecular complexity index is 453. The van der Waals surface area contributed by atoms with Crippen LogP contribution in [0.3, 0.4) is 0 Å². The van der Waals surface area contributed by atoms with E-state index in [0.717, 1.165) is 25.1 Å². The van der Waals surface area contributed by atoms with Crippen LogP contribution in [0.4, 0.5) is 5.69 Å². The Morgan fingerprint density at radius 2 is 1.95 bits per heavy atom. The molecule has 0 saturated carbocycles. The summed E-state index contributed by atoms with van der Waals surface area (Å²) in [6, 6.07) is 2.01. The summed E-state index contributed by atoms with van der Waals surface area (Å²) in [5, 5.41) is 0. The van der Waals surface area contributed by atoms with Gasteiger partial charge in [-0.05, 0) is 31.7 Å². The summed E-state index contributed by atoms with van der Waals surface area (Å²) in [4.78, 5) is 18.9. The van der Waals surface area contributed by atoms with E-state index in [2.05, 4.69) is 32.7 Å². The Morgan fingerprint density at radius 3 is 2.40 bits per heavy atom. The van der Waals surface area contributed by atoms with Crippen molar-refractivity contribution in [1.29, 1.82) is 0 Å². The molecule has 0 unspecified atom stereocenters. The molecule has 1 aromatic rings. The number of nitrogens with two attached hydrogens (primary N) is 1. The fraction of sp³-hybridized carbons (Fsp3) is 0.625. The molecule has 2 N–H and O–H groups in total. The maximum atomic E-state index is 12.8. The molecule has 0 fully saturated rings. The second-order valence-corrected chi connectivity index (χ2v) is 5.73. The zero-order chi connectivity index (χ0) is 15.3. The fourth-order valence-electron chi connectivity index (χ4n) is 2.44. The van der Waals surface area contributed by atoms with Crippen LogP contribution in [-0.2, 0) is 0 Å². The molecule has 1 rings (SSSR count). The normalized spacial score (nSPS) is 11.2. The van der Waals surface area contributed by atoms with Gasteiger partial charge < -0.3 is 10.6 Å². The number of aryl methyl sites for hydroxylation is 1. The van der Waals surface area contributed by atoms with Crippen molar-refractivity contribution in [2.45, 2.75) is 53.5 Å². The van der Waals surface area contributed by atoms with E-state index in [1.54, 1.807) is 12.3 Å². The lowest BCUT2D eigenvalue weighted by atomic mass is 10.1. The Kier molecular flexibility index (Phi) is 5.99. The van der Waals surface area contributed by atoms with Crippen LogP contribution in [0.25, 0.3) is 0 Å². The number of rotatable bonds is 6. The van der Waals surface area contributed by atoms with Gasteiger partial charge in [0.1, 0.15) is 0 Å². The summed E-state index contributed by atoms with van der Waals surface area (Å²) in [6.07, 6.45) is 3.50. The van der Waals surface area contributed by atoms with E-state index in [-0.39, 0.29) is 11.9 Å². The first-order valence-corrected chi connectivity index (χ1v) is 7.43. The number of hydrogen-bond donors (Lipinski definition) is 1. The highest BCUT2D eigenvalue weighted by Crippen LogP contribution is 2.19. The summed E-state index contributed by atoms with van der Waals surface area (Å²) >= 11 is 0. The van der Waals surface area contributed by atoms with Crippen LogP contribution >= 0.6 is 0 Å². The molecule has 0 radical (unpaired) electrons. The van der Waals surface area contributed by atoms with Gasteiger partial charge in [0.15, 0.2) is 0 Å². The number of pyridine rings is 1. The molecule has 4 heteroatoms. The van der Waals surface area contributed by atoms with E-state index in [9.17, 15) is 4.79 Å². The molecule has 0 saturated heterocycles. The van der Waals surface area contributed by atoms with Crippen molar-refractivity contribution in [1.82, 2.24) is 9.88 Å². The van der Waals surface area contributed by atoms with Gasteiger partial charge in [-0.25, -0.2) is 0 Å². The molecule has 1 aromatic heterocycles. The van der Waals surface area contributed by atoms with E-state index in [1.165, 1.54) is 0 Å². The first kappa shape index (κ1) is 16.5. The standard InChI is InChI=1S/C16H27N3O/c1-6-13(7-2)19(10-11(3)4)16(20)14-9-18-12(5)8-15(14)17/h8-9,11,13H,6-7,10H2,1-5H3,(H2,17,18). The van der Waals surface area contributed by atoms with Crippen molar-refractivity contribution in [3.05, 3.63) is 23.5 Å². The minimum Gasteiger partial charge on any atom is -0.398 e. The van der Waals surface area contributed by atoms with Crippen molar-refractivity contribution >= 4 is 11.6 Å². The van der Waals surface area contributed by atoms with Gasteiger partial charge in [0.25, 0.3) is 5.91 Å². The van der Waals surface area contributed by atoms with Crippen LogP contribution in [0.15, 0.2) is 12.3 Å². The molecule has 20 heavy (non-hydrogen) atoms. The second-order valence-electron chi connectivity index (χ2n) is 5.73. The first-order chi connectivity index (χ1) is 9.40. The van der Waals surface area contributed by atoms with Gasteiger partial charge in [0, 0.05) is 30.2 Å². The largest absolute Gasteiger partial charge is 0.398 e. The number of carbonyl (C=O) groups excluding carboxylic acids is 1. The lowest BCUT2D eigenvalue weighted by Crippen LogP contribution is -2.42. The number of aromatic nitrogens is 1. The van der Waals surface area contributed by atoms with Crippen molar-refractivity contribution in [3.63, 3.8) is 0 Å². The van der Waals surface area contributed by atoms with Crippen molar-refractivity contribution in [3.8, 4) is 0 Å². The van der Waals surface area contributed by atoms with E-state index >= 15 is 0 Å². The summed E-state index contributed by atoms with van der Waals surface area (Å²) in [5.74, 6) is 0.427. The maximum absolute atomic E-state index is 12.8. The molecule has 0 aliphatic rings. The highest BCUT2D eigenvalue weighted by Gasteiger charge is 2.24. The average Bonchev–Trinajstić information content (AvgIpc) is 2.37. The molecular weight excluding hydrogens is 250 g/mol. The lowest BCUT2D eigenvalue weighted by Gasteiger charge is -2.32. The highest BCUT2D eigenvalue weighted by atomic mass is 16.2. The van der Waals surface area contributed by atoms with Gasteiger partial charge in [0.05, 0.1) is 5.56 Å². The Morgan fingerprint density at radius 1 is 1.35 bits per heavy atom. The quantitative estimate of drug-likeness (QED) is 0.868. The van der Waals surface area contributed by atoms with Crippen LogP contribution in [0.2, 0.25) is 0 Å². The topological polar surface area (TPSA) is 59.2 Å². The summed E-state index contributed by atoms with van der Waals surface area (Å²) in [6.45, 7) is 11.1. The SMILES string of the molecule is CCC(CC)N(CC(C)C)C(=O)c1cnc(C)cc1N. The van der Waals surface area contributed by atoms with Gasteiger partial charge in [-0.3, -0.25) is 9.78 Å². The number of amides is 1. The van der Waals surface area contributed by atoms with Gasteiger partial charge >= 0.3 is 0 Å².